The second-order valence-electron chi connectivity index (χ2n) is 5.79. The van der Waals surface area contributed by atoms with E-state index in [1.807, 2.05) is 13.8 Å². The van der Waals surface area contributed by atoms with Gasteiger partial charge in [-0.2, -0.15) is 5.26 Å². The largest absolute Gasteiger partial charge is 0.456 e. The van der Waals surface area contributed by atoms with Gasteiger partial charge < -0.3 is 10.1 Å². The van der Waals surface area contributed by atoms with Gasteiger partial charge in [0.25, 0.3) is 0 Å². The van der Waals surface area contributed by atoms with Gasteiger partial charge >= 0.3 is 5.97 Å². The molecule has 1 aromatic rings. The van der Waals surface area contributed by atoms with Crippen LogP contribution in [0.25, 0.3) is 0 Å². The summed E-state index contributed by atoms with van der Waals surface area (Å²) in [6, 6.07) is 6.75. The van der Waals surface area contributed by atoms with Crippen LogP contribution in [0.15, 0.2) is 45.2 Å². The molecule has 4 nitrogen and oxygen atoms in total. The number of cyclic esters (lactones) is 1. The Morgan fingerprint density at radius 1 is 1.48 bits per heavy atom. The molecule has 2 heterocycles. The minimum absolute atomic E-state index is 0.0841. The molecule has 6 heteroatoms. The number of nitrogens with one attached hydrogen (secondary N) is 1. The van der Waals surface area contributed by atoms with Crippen molar-refractivity contribution in [1.29, 1.82) is 5.26 Å². The third kappa shape index (κ3) is 2.55. The molecule has 1 atom stereocenters. The van der Waals surface area contributed by atoms with E-state index < -0.39 is 17.7 Å². The molecular weight excluding hydrogens is 363 g/mol. The van der Waals surface area contributed by atoms with Crippen LogP contribution in [0.5, 0.6) is 0 Å². The summed E-state index contributed by atoms with van der Waals surface area (Å²) in [5.74, 6) is -1.28. The summed E-state index contributed by atoms with van der Waals surface area (Å²) in [6.07, 6.45) is 0. The van der Waals surface area contributed by atoms with E-state index in [1.165, 1.54) is 6.07 Å². The van der Waals surface area contributed by atoms with Crippen molar-refractivity contribution in [1.82, 2.24) is 5.32 Å². The van der Waals surface area contributed by atoms with E-state index in [-0.39, 0.29) is 12.5 Å². The van der Waals surface area contributed by atoms with Crippen LogP contribution in [0.1, 0.15) is 25.3 Å². The first-order chi connectivity index (χ1) is 10.9. The fraction of sp³-hybridized carbons (Fsp3) is 0.294. The predicted octanol–water partition coefficient (Wildman–Crippen LogP) is 3.52. The van der Waals surface area contributed by atoms with Crippen LogP contribution in [0.4, 0.5) is 4.39 Å². The third-order valence-corrected chi connectivity index (χ3v) is 4.63. The Morgan fingerprint density at radius 3 is 2.83 bits per heavy atom. The summed E-state index contributed by atoms with van der Waals surface area (Å²) in [5, 5.41) is 12.8. The summed E-state index contributed by atoms with van der Waals surface area (Å²) < 4.78 is 19.0. The maximum absolute atomic E-state index is 13.6. The molecule has 118 valence electrons. The van der Waals surface area contributed by atoms with E-state index in [4.69, 9.17) is 4.74 Å². The number of carbonyl (C=O) groups is 1. The van der Waals surface area contributed by atoms with Crippen LogP contribution in [-0.4, -0.2) is 12.6 Å². The molecule has 0 radical (unpaired) electrons. The fourth-order valence-electron chi connectivity index (χ4n) is 2.95. The Morgan fingerprint density at radius 2 is 2.22 bits per heavy atom. The second-order valence-corrected chi connectivity index (χ2v) is 6.65. The van der Waals surface area contributed by atoms with Crippen molar-refractivity contribution in [3.63, 3.8) is 0 Å². The van der Waals surface area contributed by atoms with Gasteiger partial charge in [-0.25, -0.2) is 9.18 Å². The van der Waals surface area contributed by atoms with Gasteiger partial charge in [-0.1, -0.05) is 19.9 Å². The molecule has 0 fully saturated rings. The molecule has 2 aliphatic rings. The van der Waals surface area contributed by atoms with Crippen LogP contribution in [0.3, 0.4) is 0 Å². The van der Waals surface area contributed by atoms with Crippen LogP contribution in [0.2, 0.25) is 0 Å². The number of benzene rings is 1. The van der Waals surface area contributed by atoms with E-state index in [9.17, 15) is 14.4 Å². The predicted molar refractivity (Wildman–Crippen MR) is 85.4 cm³/mol. The van der Waals surface area contributed by atoms with Gasteiger partial charge in [-0.3, -0.25) is 0 Å². The zero-order chi connectivity index (χ0) is 16.7. The van der Waals surface area contributed by atoms with Gasteiger partial charge in [0.2, 0.25) is 0 Å². The number of hydrogen-bond donors (Lipinski definition) is 1. The average molecular weight is 377 g/mol. The van der Waals surface area contributed by atoms with Crippen molar-refractivity contribution < 1.29 is 13.9 Å². The zero-order valence-electron chi connectivity index (χ0n) is 12.6. The first-order valence-corrected chi connectivity index (χ1v) is 7.99. The lowest BCUT2D eigenvalue weighted by molar-refractivity contribution is -0.136. The highest BCUT2D eigenvalue weighted by Crippen LogP contribution is 2.42. The van der Waals surface area contributed by atoms with Gasteiger partial charge in [-0.15, -0.1) is 0 Å². The molecule has 0 saturated heterocycles. The van der Waals surface area contributed by atoms with Crippen LogP contribution in [0, 0.1) is 23.1 Å². The van der Waals surface area contributed by atoms with Gasteiger partial charge in [0.15, 0.2) is 0 Å². The number of carbonyl (C=O) groups excluding carboxylic acids is 1. The standard InChI is InChI=1S/C17H14BrFN2O2/c1-8(2)16-10(6-20)14(9-3-4-12(19)11(18)5-9)15-13(21-16)7-23-17(15)22/h3-5,8,14,21H,7H2,1-2H3. The molecule has 0 bridgehead atoms. The molecule has 0 amide bonds. The van der Waals surface area contributed by atoms with E-state index >= 15 is 0 Å². The summed E-state index contributed by atoms with van der Waals surface area (Å²) in [7, 11) is 0. The van der Waals surface area contributed by atoms with Gasteiger partial charge in [0.1, 0.15) is 12.4 Å². The lowest BCUT2D eigenvalue weighted by Crippen LogP contribution is -2.29. The van der Waals surface area contributed by atoms with E-state index in [2.05, 4.69) is 27.3 Å². The SMILES string of the molecule is CC(C)C1=C(C#N)C(c2ccc(F)c(Br)c2)C2=C(COC2=O)N1. The van der Waals surface area contributed by atoms with Gasteiger partial charge in [-0.05, 0) is 39.5 Å². The highest BCUT2D eigenvalue weighted by Gasteiger charge is 2.40. The Hall–Kier alpha value is -2.13. The number of allylic oxidation sites excluding steroid dienone is 2. The van der Waals surface area contributed by atoms with Crippen molar-refractivity contribution in [3.05, 3.63) is 56.6 Å². The molecule has 0 spiro atoms. The number of ether oxygens (including phenoxy) is 1. The Labute approximate surface area is 141 Å². The van der Waals surface area contributed by atoms with Gasteiger partial charge in [0, 0.05) is 5.70 Å². The van der Waals surface area contributed by atoms with Crippen molar-refractivity contribution in [3.8, 4) is 6.07 Å². The smallest absolute Gasteiger partial charge is 0.337 e. The van der Waals surface area contributed by atoms with Gasteiger partial charge in [0.05, 0.1) is 33.3 Å². The maximum Gasteiger partial charge on any atom is 0.337 e. The molecule has 0 saturated carbocycles. The quantitative estimate of drug-likeness (QED) is 0.802. The number of nitrogens with zero attached hydrogens (tertiary/aromatic N) is 1. The van der Waals surface area contributed by atoms with Crippen molar-refractivity contribution >= 4 is 21.9 Å². The van der Waals surface area contributed by atoms with Crippen LogP contribution in [-0.2, 0) is 9.53 Å². The fourth-order valence-corrected chi connectivity index (χ4v) is 3.34. The second kappa shape index (κ2) is 5.82. The summed E-state index contributed by atoms with van der Waals surface area (Å²) in [4.78, 5) is 12.1. The highest BCUT2D eigenvalue weighted by atomic mass is 79.9. The minimum atomic E-state index is -0.541. The molecule has 0 aliphatic carbocycles. The van der Waals surface area contributed by atoms with Crippen LogP contribution < -0.4 is 5.32 Å². The van der Waals surface area contributed by atoms with E-state index in [0.717, 1.165) is 5.70 Å². The first kappa shape index (κ1) is 15.8. The molecule has 23 heavy (non-hydrogen) atoms. The average Bonchev–Trinajstić information content (AvgIpc) is 2.89. The molecule has 0 aromatic heterocycles. The molecule has 2 aliphatic heterocycles. The lowest BCUT2D eigenvalue weighted by Gasteiger charge is -2.28. The van der Waals surface area contributed by atoms with E-state index in [0.29, 0.717) is 26.9 Å². The first-order valence-electron chi connectivity index (χ1n) is 7.20. The number of halogens is 2. The molecule has 1 unspecified atom stereocenters. The number of esters is 1. The van der Waals surface area contributed by atoms with E-state index in [1.54, 1.807) is 12.1 Å². The molecule has 1 aromatic carbocycles. The topological polar surface area (TPSA) is 62.1 Å². The lowest BCUT2D eigenvalue weighted by atomic mass is 9.79. The van der Waals surface area contributed by atoms with Crippen LogP contribution >= 0.6 is 15.9 Å². The Bertz CT molecular complexity index is 805. The summed E-state index contributed by atoms with van der Waals surface area (Å²) in [6.45, 7) is 4.11. The Balaban J connectivity index is 2.22. The summed E-state index contributed by atoms with van der Waals surface area (Å²) >= 11 is 3.16. The molecular formula is C17H14BrFN2O2. The number of nitriles is 1. The van der Waals surface area contributed by atoms with Crippen molar-refractivity contribution in [2.24, 2.45) is 5.92 Å². The normalized spacial score (nSPS) is 20.3. The maximum atomic E-state index is 13.6. The third-order valence-electron chi connectivity index (χ3n) is 4.02. The number of hydrogen-bond acceptors (Lipinski definition) is 4. The summed E-state index contributed by atoms with van der Waals surface area (Å²) in [5.41, 5.74) is 3.04. The monoisotopic (exact) mass is 376 g/mol. The number of rotatable bonds is 2. The highest BCUT2D eigenvalue weighted by molar-refractivity contribution is 9.10. The Kier molecular flexibility index (Phi) is 3.99. The minimum Gasteiger partial charge on any atom is -0.456 e. The molecule has 1 N–H and O–H groups in total. The van der Waals surface area contributed by atoms with Crippen molar-refractivity contribution in [2.45, 2.75) is 19.8 Å². The zero-order valence-corrected chi connectivity index (χ0v) is 14.2. The molecule has 3 rings (SSSR count). The van der Waals surface area contributed by atoms with Crippen molar-refractivity contribution in [2.75, 3.05) is 6.61 Å². The number of dihydropyridines is 1.